The number of piperidine rings is 1. The molecule has 1 aliphatic heterocycles. The Balaban J connectivity index is 1.37. The predicted octanol–water partition coefficient (Wildman–Crippen LogP) is 3.29. The highest BCUT2D eigenvalue weighted by Gasteiger charge is 2.47. The largest absolute Gasteiger partial charge is 0.391 e. The van der Waals surface area contributed by atoms with E-state index < -0.39 is 6.10 Å². The van der Waals surface area contributed by atoms with Crippen LogP contribution in [0.15, 0.2) is 42.7 Å². The van der Waals surface area contributed by atoms with Crippen molar-refractivity contribution < 1.29 is 9.90 Å². The van der Waals surface area contributed by atoms with Crippen molar-refractivity contribution in [3.63, 3.8) is 0 Å². The molecule has 2 aromatic heterocycles. The molecule has 1 atom stereocenters. The monoisotopic (exact) mass is 395 g/mol. The SMILES string of the molecule is Cc1cc(Cl)c2nc(C(=O)N3CCC4(Cc5ccccc5C4)C(O)C3)cn2c1. The number of pyridine rings is 1. The third kappa shape index (κ3) is 2.73. The van der Waals surface area contributed by atoms with Crippen molar-refractivity contribution in [2.75, 3.05) is 13.1 Å². The highest BCUT2D eigenvalue weighted by Crippen LogP contribution is 2.44. The van der Waals surface area contributed by atoms with Gasteiger partial charge in [-0.1, -0.05) is 35.9 Å². The summed E-state index contributed by atoms with van der Waals surface area (Å²) in [6.45, 7) is 2.92. The van der Waals surface area contributed by atoms with E-state index >= 15 is 0 Å². The van der Waals surface area contributed by atoms with Gasteiger partial charge in [0.15, 0.2) is 5.65 Å². The lowest BCUT2D eigenvalue weighted by molar-refractivity contribution is -0.0334. The first kappa shape index (κ1) is 17.7. The van der Waals surface area contributed by atoms with E-state index in [9.17, 15) is 9.90 Å². The Morgan fingerprint density at radius 2 is 1.96 bits per heavy atom. The Morgan fingerprint density at radius 1 is 1.25 bits per heavy atom. The molecule has 6 heteroatoms. The van der Waals surface area contributed by atoms with Crippen LogP contribution >= 0.6 is 11.6 Å². The summed E-state index contributed by atoms with van der Waals surface area (Å²) in [4.78, 5) is 19.2. The van der Waals surface area contributed by atoms with Crippen LogP contribution in [0.1, 0.15) is 33.6 Å². The Bertz CT molecular complexity index is 1070. The van der Waals surface area contributed by atoms with Crippen LogP contribution < -0.4 is 0 Å². The number of aliphatic hydroxyl groups excluding tert-OH is 1. The first-order valence-electron chi connectivity index (χ1n) is 9.64. The van der Waals surface area contributed by atoms with E-state index in [1.807, 2.05) is 19.2 Å². The fraction of sp³-hybridized carbons (Fsp3) is 0.364. The zero-order chi connectivity index (χ0) is 19.5. The molecule has 1 unspecified atom stereocenters. The van der Waals surface area contributed by atoms with E-state index in [1.165, 1.54) is 11.1 Å². The molecule has 144 valence electrons. The minimum Gasteiger partial charge on any atom is -0.391 e. The highest BCUT2D eigenvalue weighted by molar-refractivity contribution is 6.33. The lowest BCUT2D eigenvalue weighted by Gasteiger charge is -2.43. The van der Waals surface area contributed by atoms with Gasteiger partial charge < -0.3 is 14.4 Å². The Morgan fingerprint density at radius 3 is 2.64 bits per heavy atom. The number of aryl methyl sites for hydroxylation is 1. The van der Waals surface area contributed by atoms with E-state index in [0.717, 1.165) is 24.8 Å². The molecule has 1 aliphatic carbocycles. The summed E-state index contributed by atoms with van der Waals surface area (Å²) in [6.07, 6.45) is 5.65. The molecule has 0 saturated carbocycles. The predicted molar refractivity (Wildman–Crippen MR) is 108 cm³/mol. The smallest absolute Gasteiger partial charge is 0.274 e. The third-order valence-corrected chi connectivity index (χ3v) is 6.61. The van der Waals surface area contributed by atoms with Crippen molar-refractivity contribution in [1.29, 1.82) is 0 Å². The average Bonchev–Trinajstić information content (AvgIpc) is 3.25. The molecule has 1 spiro atoms. The lowest BCUT2D eigenvalue weighted by atomic mass is 9.73. The summed E-state index contributed by atoms with van der Waals surface area (Å²) in [6, 6.07) is 10.2. The minimum atomic E-state index is -0.541. The average molecular weight is 396 g/mol. The van der Waals surface area contributed by atoms with Gasteiger partial charge in [0.1, 0.15) is 5.69 Å². The standard InChI is InChI=1S/C22H22ClN3O2/c1-14-8-17(23)20-24-18(12-26(20)11-14)21(28)25-7-6-22(19(27)13-25)9-15-4-2-3-5-16(15)10-22/h2-5,8,11-12,19,27H,6-7,9-10,13H2,1H3. The highest BCUT2D eigenvalue weighted by atomic mass is 35.5. The third-order valence-electron chi connectivity index (χ3n) is 6.33. The number of fused-ring (bicyclic) bond motifs is 2. The number of carbonyl (C=O) groups is 1. The maximum atomic E-state index is 13.0. The van der Waals surface area contributed by atoms with Crippen LogP contribution in [0.3, 0.4) is 0 Å². The number of amides is 1. The number of likely N-dealkylation sites (tertiary alicyclic amines) is 1. The van der Waals surface area contributed by atoms with Gasteiger partial charge >= 0.3 is 0 Å². The topological polar surface area (TPSA) is 57.8 Å². The number of aromatic nitrogens is 2. The van der Waals surface area contributed by atoms with E-state index in [-0.39, 0.29) is 11.3 Å². The van der Waals surface area contributed by atoms with Crippen LogP contribution in [-0.2, 0) is 12.8 Å². The van der Waals surface area contributed by atoms with Crippen molar-refractivity contribution in [2.24, 2.45) is 5.41 Å². The molecule has 0 radical (unpaired) electrons. The van der Waals surface area contributed by atoms with Gasteiger partial charge in [0.05, 0.1) is 11.1 Å². The second-order valence-electron chi connectivity index (χ2n) is 8.22. The van der Waals surface area contributed by atoms with Gasteiger partial charge in [-0.05, 0) is 48.9 Å². The molecule has 0 bridgehead atoms. The first-order valence-corrected chi connectivity index (χ1v) is 10.0. The van der Waals surface area contributed by atoms with Gasteiger partial charge in [0.2, 0.25) is 0 Å². The molecule has 3 heterocycles. The Hall–Kier alpha value is -2.37. The number of halogens is 1. The first-order chi connectivity index (χ1) is 13.4. The van der Waals surface area contributed by atoms with Gasteiger partial charge in [0.25, 0.3) is 5.91 Å². The second-order valence-corrected chi connectivity index (χ2v) is 8.63. The van der Waals surface area contributed by atoms with Crippen LogP contribution in [0.2, 0.25) is 5.02 Å². The molecule has 5 rings (SSSR count). The summed E-state index contributed by atoms with van der Waals surface area (Å²) in [7, 11) is 0. The maximum Gasteiger partial charge on any atom is 0.274 e. The van der Waals surface area contributed by atoms with Crippen molar-refractivity contribution in [1.82, 2.24) is 14.3 Å². The Kier molecular flexibility index (Phi) is 4.00. The molecule has 1 fully saturated rings. The lowest BCUT2D eigenvalue weighted by Crippen LogP contribution is -2.53. The molecule has 1 saturated heterocycles. The zero-order valence-electron chi connectivity index (χ0n) is 15.7. The van der Waals surface area contributed by atoms with E-state index in [2.05, 4.69) is 29.2 Å². The number of aliphatic hydroxyl groups is 1. The molecule has 5 nitrogen and oxygen atoms in total. The molecule has 1 amide bonds. The van der Waals surface area contributed by atoms with Crippen LogP contribution in [-0.4, -0.2) is 44.5 Å². The number of hydrogen-bond acceptors (Lipinski definition) is 3. The summed E-state index contributed by atoms with van der Waals surface area (Å²) >= 11 is 6.27. The number of β-amino-alcohol motifs (C(OH)–C–C–N with tert-alkyl or cyclic N) is 1. The van der Waals surface area contributed by atoms with Crippen molar-refractivity contribution in [3.8, 4) is 0 Å². The molecule has 2 aliphatic rings. The number of carbonyl (C=O) groups excluding carboxylic acids is 1. The fourth-order valence-corrected chi connectivity index (χ4v) is 5.11. The van der Waals surface area contributed by atoms with Gasteiger partial charge in [0, 0.05) is 30.9 Å². The van der Waals surface area contributed by atoms with Crippen molar-refractivity contribution in [3.05, 3.63) is 70.1 Å². The summed E-state index contributed by atoms with van der Waals surface area (Å²) in [5, 5.41) is 11.5. The van der Waals surface area contributed by atoms with Gasteiger partial charge in [-0.3, -0.25) is 4.79 Å². The quantitative estimate of drug-likeness (QED) is 0.687. The molecular weight excluding hydrogens is 374 g/mol. The van der Waals surface area contributed by atoms with Crippen molar-refractivity contribution in [2.45, 2.75) is 32.3 Å². The number of hydrogen-bond donors (Lipinski definition) is 1. The maximum absolute atomic E-state index is 13.0. The minimum absolute atomic E-state index is 0.151. The molecule has 1 N–H and O–H groups in total. The second kappa shape index (κ2) is 6.33. The van der Waals surface area contributed by atoms with Crippen LogP contribution in [0.25, 0.3) is 5.65 Å². The van der Waals surface area contributed by atoms with Crippen LogP contribution in [0.4, 0.5) is 0 Å². The van der Waals surface area contributed by atoms with Crippen molar-refractivity contribution >= 4 is 23.2 Å². The fourth-order valence-electron chi connectivity index (χ4n) is 4.79. The Labute approximate surface area is 168 Å². The zero-order valence-corrected chi connectivity index (χ0v) is 16.5. The normalized spacial score (nSPS) is 20.7. The van der Waals surface area contributed by atoms with Crippen LogP contribution in [0, 0.1) is 12.3 Å². The van der Waals surface area contributed by atoms with Gasteiger partial charge in [-0.2, -0.15) is 0 Å². The summed E-state index contributed by atoms with van der Waals surface area (Å²) in [5.74, 6) is -0.151. The summed E-state index contributed by atoms with van der Waals surface area (Å²) in [5.41, 5.74) is 4.45. The summed E-state index contributed by atoms with van der Waals surface area (Å²) < 4.78 is 1.79. The molecule has 3 aromatic rings. The molecule has 1 aromatic carbocycles. The molecular formula is C22H22ClN3O2. The number of nitrogens with zero attached hydrogens (tertiary/aromatic N) is 3. The van der Waals surface area contributed by atoms with E-state index in [4.69, 9.17) is 11.6 Å². The van der Waals surface area contributed by atoms with E-state index in [1.54, 1.807) is 15.5 Å². The van der Waals surface area contributed by atoms with Gasteiger partial charge in [-0.15, -0.1) is 0 Å². The van der Waals surface area contributed by atoms with Crippen LogP contribution in [0.5, 0.6) is 0 Å². The number of imidazole rings is 1. The van der Waals surface area contributed by atoms with E-state index in [0.29, 0.717) is 29.5 Å². The number of benzene rings is 1. The molecule has 28 heavy (non-hydrogen) atoms. The number of rotatable bonds is 1. The van der Waals surface area contributed by atoms with Gasteiger partial charge in [-0.25, -0.2) is 4.98 Å².